The fourth-order valence-electron chi connectivity index (χ4n) is 10.0. The fraction of sp³-hybridized carbons (Fsp3) is 0.283. The van der Waals surface area contributed by atoms with Crippen molar-refractivity contribution < 1.29 is 0 Å². The molecule has 57 heavy (non-hydrogen) atoms. The second kappa shape index (κ2) is 12.7. The third kappa shape index (κ3) is 5.58. The van der Waals surface area contributed by atoms with Crippen LogP contribution in [0.25, 0.3) is 21.2 Å². The molecule has 0 bridgehead atoms. The van der Waals surface area contributed by atoms with E-state index in [2.05, 4.69) is 193 Å². The van der Waals surface area contributed by atoms with Gasteiger partial charge in [0.2, 0.25) is 0 Å². The molecule has 6 aromatic carbocycles. The van der Waals surface area contributed by atoms with Gasteiger partial charge in [-0.1, -0.05) is 128 Å². The molecule has 1 aliphatic carbocycles. The van der Waals surface area contributed by atoms with E-state index in [9.17, 15) is 0 Å². The van der Waals surface area contributed by atoms with Gasteiger partial charge in [0.05, 0.1) is 11.4 Å². The molecule has 0 saturated heterocycles. The Morgan fingerprint density at radius 2 is 1.35 bits per heavy atom. The highest BCUT2D eigenvalue weighted by Crippen LogP contribution is 2.52. The molecule has 0 atom stereocenters. The van der Waals surface area contributed by atoms with Crippen LogP contribution in [-0.4, -0.2) is 6.71 Å². The second-order valence-electron chi connectivity index (χ2n) is 19.2. The highest BCUT2D eigenvalue weighted by Gasteiger charge is 2.48. The Morgan fingerprint density at radius 1 is 0.667 bits per heavy atom. The van der Waals surface area contributed by atoms with E-state index in [1.807, 2.05) is 11.3 Å². The predicted molar refractivity (Wildman–Crippen MR) is 249 cm³/mol. The molecule has 2 aliphatic heterocycles. The zero-order valence-electron chi connectivity index (χ0n) is 35.0. The number of aryl methyl sites for hydroxylation is 2. The van der Waals surface area contributed by atoms with Crippen molar-refractivity contribution in [2.45, 2.75) is 97.8 Å². The molecular formula is C53H53BN2S. The normalized spacial score (nSPS) is 16.3. The van der Waals surface area contributed by atoms with Gasteiger partial charge in [-0.25, -0.2) is 0 Å². The Morgan fingerprint density at radius 3 is 2.04 bits per heavy atom. The van der Waals surface area contributed by atoms with Gasteiger partial charge in [0.15, 0.2) is 0 Å². The lowest BCUT2D eigenvalue weighted by molar-refractivity contribution is 0.332. The summed E-state index contributed by atoms with van der Waals surface area (Å²) < 4.78 is 2.79. The van der Waals surface area contributed by atoms with Crippen LogP contribution in [0.5, 0.6) is 0 Å². The van der Waals surface area contributed by atoms with Crippen LogP contribution < -0.4 is 25.5 Å². The van der Waals surface area contributed by atoms with Gasteiger partial charge in [-0.2, -0.15) is 0 Å². The summed E-state index contributed by atoms with van der Waals surface area (Å²) in [5, 5.41) is 1.35. The number of hydrogen-bond acceptors (Lipinski definition) is 3. The summed E-state index contributed by atoms with van der Waals surface area (Å²) >= 11 is 2.00. The molecule has 2 nitrogen and oxygen atoms in total. The molecule has 7 aromatic rings. The Balaban J connectivity index is 1.34. The first-order valence-corrected chi connectivity index (χ1v) is 21.8. The van der Waals surface area contributed by atoms with Crippen molar-refractivity contribution in [3.05, 3.63) is 149 Å². The van der Waals surface area contributed by atoms with Crippen LogP contribution in [0.3, 0.4) is 0 Å². The molecule has 0 unspecified atom stereocenters. The van der Waals surface area contributed by atoms with Gasteiger partial charge in [-0.05, 0) is 136 Å². The van der Waals surface area contributed by atoms with Crippen LogP contribution in [0, 0.1) is 6.92 Å². The number of hydrogen-bond donors (Lipinski definition) is 0. The smallest absolute Gasteiger partial charge is 0.264 e. The number of thiophene rings is 1. The maximum atomic E-state index is 2.67. The maximum absolute atomic E-state index is 2.67. The van der Waals surface area contributed by atoms with Gasteiger partial charge >= 0.3 is 0 Å². The molecule has 3 aliphatic rings. The maximum Gasteiger partial charge on any atom is 0.264 e. The average Bonchev–Trinajstić information content (AvgIpc) is 3.58. The van der Waals surface area contributed by atoms with Gasteiger partial charge in [-0.3, -0.25) is 0 Å². The minimum atomic E-state index is 0.0379. The van der Waals surface area contributed by atoms with Gasteiger partial charge in [-0.15, -0.1) is 11.3 Å². The first kappa shape index (κ1) is 36.3. The lowest BCUT2D eigenvalue weighted by Gasteiger charge is -2.47. The van der Waals surface area contributed by atoms with E-state index < -0.39 is 0 Å². The van der Waals surface area contributed by atoms with Crippen LogP contribution in [0.1, 0.15) is 96.0 Å². The molecule has 0 fully saturated rings. The molecule has 0 N–H and O–H groups in total. The van der Waals surface area contributed by atoms with Crippen LogP contribution >= 0.6 is 11.3 Å². The van der Waals surface area contributed by atoms with Crippen molar-refractivity contribution >= 4 is 78.0 Å². The Labute approximate surface area is 344 Å². The van der Waals surface area contributed by atoms with Crippen molar-refractivity contribution in [2.24, 2.45) is 0 Å². The highest BCUT2D eigenvalue weighted by molar-refractivity contribution is 7.33. The van der Waals surface area contributed by atoms with E-state index in [-0.39, 0.29) is 23.0 Å². The van der Waals surface area contributed by atoms with E-state index in [0.29, 0.717) is 0 Å². The fourth-order valence-corrected chi connectivity index (χ4v) is 11.3. The van der Waals surface area contributed by atoms with Gasteiger partial charge in [0, 0.05) is 43.2 Å². The summed E-state index contributed by atoms with van der Waals surface area (Å²) in [6.07, 6.45) is 3.38. The minimum Gasteiger partial charge on any atom is -0.311 e. The molecule has 3 heterocycles. The quantitative estimate of drug-likeness (QED) is 0.165. The Kier molecular flexibility index (Phi) is 8.10. The summed E-state index contributed by atoms with van der Waals surface area (Å²) in [4.78, 5) is 5.25. The molecular weight excluding hydrogens is 707 g/mol. The lowest BCUT2D eigenvalue weighted by Crippen LogP contribution is -2.61. The monoisotopic (exact) mass is 760 g/mol. The third-order valence-corrected chi connectivity index (χ3v) is 14.7. The summed E-state index contributed by atoms with van der Waals surface area (Å²) in [5.74, 6) is 0. The number of anilines is 6. The van der Waals surface area contributed by atoms with Crippen LogP contribution in [-0.2, 0) is 22.7 Å². The summed E-state index contributed by atoms with van der Waals surface area (Å²) in [5.41, 5.74) is 20.2. The SMILES string of the molecule is CCc1ccc(N2c3cccc4c3B(c3cc5c(cc3N4c3ccc(C)cc3-c3ccccc3)C(C)(C)CCC5(C)C)c3sc4ccc(C(C)(C)C)cc4c32)cc1. The predicted octanol–water partition coefficient (Wildman–Crippen LogP) is 13.2. The van der Waals surface area contributed by atoms with Gasteiger partial charge in [0.1, 0.15) is 0 Å². The molecule has 1 aromatic heterocycles. The largest absolute Gasteiger partial charge is 0.311 e. The molecule has 0 radical (unpaired) electrons. The van der Waals surface area contributed by atoms with Crippen molar-refractivity contribution in [1.29, 1.82) is 0 Å². The lowest BCUT2D eigenvalue weighted by atomic mass is 9.35. The number of nitrogens with zero attached hydrogens (tertiary/aromatic N) is 2. The number of rotatable bonds is 4. The van der Waals surface area contributed by atoms with Gasteiger partial charge < -0.3 is 9.80 Å². The summed E-state index contributed by atoms with van der Waals surface area (Å²) in [6, 6.07) is 47.0. The third-order valence-electron chi connectivity index (χ3n) is 13.5. The first-order valence-electron chi connectivity index (χ1n) is 21.0. The van der Waals surface area contributed by atoms with E-state index >= 15 is 0 Å². The van der Waals surface area contributed by atoms with Crippen molar-refractivity contribution in [2.75, 3.05) is 9.80 Å². The first-order chi connectivity index (χ1) is 27.2. The molecule has 0 saturated carbocycles. The number of benzene rings is 6. The average molecular weight is 761 g/mol. The highest BCUT2D eigenvalue weighted by atomic mass is 32.1. The molecule has 0 spiro atoms. The zero-order chi connectivity index (χ0) is 39.6. The summed E-state index contributed by atoms with van der Waals surface area (Å²) in [6.45, 7) is 21.4. The van der Waals surface area contributed by atoms with Crippen LogP contribution in [0.15, 0.2) is 121 Å². The van der Waals surface area contributed by atoms with Crippen LogP contribution in [0.2, 0.25) is 0 Å². The molecule has 284 valence electrons. The number of fused-ring (bicyclic) bond motifs is 7. The molecule has 4 heteroatoms. The topological polar surface area (TPSA) is 6.48 Å². The Hall–Kier alpha value is -5.06. The van der Waals surface area contributed by atoms with Crippen molar-refractivity contribution in [3.63, 3.8) is 0 Å². The van der Waals surface area contributed by atoms with Crippen molar-refractivity contribution in [1.82, 2.24) is 0 Å². The standard InChI is InChI=1S/C53H53BN2S/c1-10-34-20-23-37(24-21-34)55-44-17-14-18-45-48(44)54(50-49(55)39-30-36(51(3,4)5)22-26-47(39)57-50)42-31-40-41(53(8,9)28-27-52(40,6)7)32-46(42)56(45)43-25-19-33(2)29-38(43)35-15-12-11-13-16-35/h11-26,29-32H,10,27-28H2,1-9H3. The van der Waals surface area contributed by atoms with E-state index in [4.69, 9.17) is 0 Å². The van der Waals surface area contributed by atoms with E-state index in [1.54, 1.807) is 0 Å². The van der Waals surface area contributed by atoms with E-state index in [1.165, 1.54) is 112 Å². The molecule has 0 amide bonds. The molecule has 10 rings (SSSR count). The van der Waals surface area contributed by atoms with E-state index in [0.717, 1.165) is 6.42 Å². The Bertz CT molecular complexity index is 2730. The van der Waals surface area contributed by atoms with Crippen LogP contribution in [0.4, 0.5) is 34.1 Å². The summed E-state index contributed by atoms with van der Waals surface area (Å²) in [7, 11) is 0. The minimum absolute atomic E-state index is 0.0379. The van der Waals surface area contributed by atoms with Gasteiger partial charge in [0.25, 0.3) is 6.71 Å². The van der Waals surface area contributed by atoms with Crippen molar-refractivity contribution in [3.8, 4) is 11.1 Å². The zero-order valence-corrected chi connectivity index (χ0v) is 35.9. The second-order valence-corrected chi connectivity index (χ2v) is 20.3.